The number of aliphatic hydroxyl groups excluding tert-OH is 1. The van der Waals surface area contributed by atoms with E-state index >= 15 is 0 Å². The quantitative estimate of drug-likeness (QED) is 0.492. The summed E-state index contributed by atoms with van der Waals surface area (Å²) in [5.74, 6) is -0.447. The Morgan fingerprint density at radius 2 is 1.88 bits per heavy atom. The first kappa shape index (κ1) is 12.2. The first-order valence-electron chi connectivity index (χ1n) is 4.15. The van der Waals surface area contributed by atoms with Crippen LogP contribution in [0, 0.1) is 10.1 Å². The van der Waals surface area contributed by atoms with Crippen molar-refractivity contribution in [2.24, 2.45) is 0 Å². The van der Waals surface area contributed by atoms with E-state index in [1.807, 2.05) is 0 Å². The van der Waals surface area contributed by atoms with Crippen molar-refractivity contribution in [2.45, 2.75) is 0 Å². The van der Waals surface area contributed by atoms with Crippen molar-refractivity contribution in [1.82, 2.24) is 0 Å². The zero-order valence-electron chi connectivity index (χ0n) is 8.32. The molecular weight excluding hydrogens is 234 g/mol. The summed E-state index contributed by atoms with van der Waals surface area (Å²) in [6.07, 6.45) is 0.939. The molecule has 6 nitrogen and oxygen atoms in total. The number of nitro benzene ring substituents is 1. The second kappa shape index (κ2) is 4.31. The molecule has 1 rings (SSSR count). The molecule has 0 atom stereocenters. The first-order chi connectivity index (χ1) is 7.29. The summed E-state index contributed by atoms with van der Waals surface area (Å²) < 4.78 is 21.7. The highest BCUT2D eigenvalue weighted by molar-refractivity contribution is 7.93. The predicted octanol–water partition coefficient (Wildman–Crippen LogP) is 1.50. The third-order valence-corrected chi connectivity index (χ3v) is 2.35. The predicted molar refractivity (Wildman–Crippen MR) is 58.5 cm³/mol. The van der Waals surface area contributed by atoms with Crippen LogP contribution < -0.4 is 0 Å². The van der Waals surface area contributed by atoms with Crippen molar-refractivity contribution < 1.29 is 18.4 Å². The van der Waals surface area contributed by atoms with Crippen molar-refractivity contribution in [2.75, 3.05) is 6.26 Å². The Bertz CT molecular complexity index is 530. The molecule has 0 aliphatic rings. The molecule has 0 aliphatic heterocycles. The van der Waals surface area contributed by atoms with Crippen molar-refractivity contribution in [3.8, 4) is 0 Å². The fraction of sp³-hybridized carbons (Fsp3) is 0.111. The third-order valence-electron chi connectivity index (χ3n) is 1.70. The lowest BCUT2D eigenvalue weighted by Gasteiger charge is -1.99. The van der Waals surface area contributed by atoms with Crippen LogP contribution in [0.25, 0.3) is 5.76 Å². The minimum atomic E-state index is -3.44. The van der Waals surface area contributed by atoms with E-state index in [-0.39, 0.29) is 11.3 Å². The van der Waals surface area contributed by atoms with E-state index in [1.54, 1.807) is 0 Å². The van der Waals surface area contributed by atoms with E-state index in [0.717, 1.165) is 6.26 Å². The van der Waals surface area contributed by atoms with Gasteiger partial charge in [-0.05, 0) is 12.1 Å². The molecule has 0 saturated carbocycles. The summed E-state index contributed by atoms with van der Waals surface area (Å²) in [7, 11) is -3.44. The maximum absolute atomic E-state index is 10.8. The highest BCUT2D eigenvalue weighted by atomic mass is 32.2. The first-order valence-corrected chi connectivity index (χ1v) is 6.10. The summed E-state index contributed by atoms with van der Waals surface area (Å²) in [5, 5.41) is 20.4. The molecule has 0 unspecified atom stereocenters. The number of rotatable bonds is 3. The normalized spacial score (nSPS) is 12.4. The van der Waals surface area contributed by atoms with Gasteiger partial charge in [-0.3, -0.25) is 10.1 Å². The van der Waals surface area contributed by atoms with Gasteiger partial charge in [-0.2, -0.15) is 0 Å². The number of sulfone groups is 1. The minimum Gasteiger partial charge on any atom is -0.507 e. The Labute approximate surface area is 91.9 Å². The van der Waals surface area contributed by atoms with E-state index in [1.165, 1.54) is 24.3 Å². The SMILES string of the molecule is CS(=O)(=O)C=C(O)c1ccc([N+](=O)[O-])cc1. The van der Waals surface area contributed by atoms with Crippen LogP contribution in [0.3, 0.4) is 0 Å². The van der Waals surface area contributed by atoms with Gasteiger partial charge in [0.15, 0.2) is 9.84 Å². The monoisotopic (exact) mass is 243 g/mol. The molecule has 86 valence electrons. The Morgan fingerprint density at radius 3 is 2.25 bits per heavy atom. The van der Waals surface area contributed by atoms with Gasteiger partial charge in [0.2, 0.25) is 0 Å². The van der Waals surface area contributed by atoms with Gasteiger partial charge in [0.05, 0.1) is 10.3 Å². The van der Waals surface area contributed by atoms with E-state index in [0.29, 0.717) is 5.41 Å². The molecule has 0 fully saturated rings. The number of nitro groups is 1. The molecule has 0 radical (unpaired) electrons. The number of non-ortho nitro benzene ring substituents is 1. The standard InChI is InChI=1S/C9H9NO5S/c1-16(14,15)6-9(11)7-2-4-8(5-3-7)10(12)13/h2-6,11H,1H3. The van der Waals surface area contributed by atoms with E-state index in [9.17, 15) is 23.6 Å². The highest BCUT2D eigenvalue weighted by Gasteiger charge is 2.07. The average molecular weight is 243 g/mol. The van der Waals surface area contributed by atoms with Gasteiger partial charge < -0.3 is 5.11 Å². The maximum Gasteiger partial charge on any atom is 0.269 e. The lowest BCUT2D eigenvalue weighted by atomic mass is 10.2. The molecule has 1 N–H and O–H groups in total. The fourth-order valence-electron chi connectivity index (χ4n) is 1.02. The lowest BCUT2D eigenvalue weighted by molar-refractivity contribution is -0.384. The van der Waals surface area contributed by atoms with Gasteiger partial charge in [0, 0.05) is 24.0 Å². The Balaban J connectivity index is 3.08. The van der Waals surface area contributed by atoms with Crippen molar-refractivity contribution in [1.29, 1.82) is 0 Å². The van der Waals surface area contributed by atoms with Gasteiger partial charge in [-0.15, -0.1) is 0 Å². The van der Waals surface area contributed by atoms with E-state index < -0.39 is 20.5 Å². The Morgan fingerprint density at radius 1 is 1.38 bits per heavy atom. The number of hydrogen-bond acceptors (Lipinski definition) is 5. The van der Waals surface area contributed by atoms with Gasteiger partial charge >= 0.3 is 0 Å². The fourth-order valence-corrected chi connectivity index (χ4v) is 1.57. The number of hydrogen-bond donors (Lipinski definition) is 1. The lowest BCUT2D eigenvalue weighted by Crippen LogP contribution is -1.93. The van der Waals surface area contributed by atoms with Crippen molar-refractivity contribution in [3.05, 3.63) is 45.4 Å². The largest absolute Gasteiger partial charge is 0.507 e. The summed E-state index contributed by atoms with van der Waals surface area (Å²) >= 11 is 0. The number of nitrogens with zero attached hydrogens (tertiary/aromatic N) is 1. The van der Waals surface area contributed by atoms with Crippen molar-refractivity contribution >= 4 is 21.3 Å². The zero-order valence-corrected chi connectivity index (χ0v) is 9.14. The van der Waals surface area contributed by atoms with Gasteiger partial charge in [-0.25, -0.2) is 8.42 Å². The molecule has 1 aromatic rings. The minimum absolute atomic E-state index is 0.129. The van der Waals surface area contributed by atoms with Crippen LogP contribution in [0.2, 0.25) is 0 Å². The third kappa shape index (κ3) is 3.35. The number of aliphatic hydroxyl groups is 1. The van der Waals surface area contributed by atoms with Crippen LogP contribution in [-0.2, 0) is 9.84 Å². The summed E-state index contributed by atoms with van der Waals surface area (Å²) in [6.45, 7) is 0. The average Bonchev–Trinajstić information content (AvgIpc) is 2.15. The molecule has 16 heavy (non-hydrogen) atoms. The molecule has 0 amide bonds. The molecule has 0 spiro atoms. The molecule has 0 aliphatic carbocycles. The van der Waals surface area contributed by atoms with Crippen LogP contribution in [0.15, 0.2) is 29.7 Å². The number of benzene rings is 1. The second-order valence-corrected chi connectivity index (χ2v) is 5.03. The van der Waals surface area contributed by atoms with Crippen LogP contribution in [0.1, 0.15) is 5.56 Å². The van der Waals surface area contributed by atoms with Crippen LogP contribution in [-0.4, -0.2) is 24.7 Å². The van der Waals surface area contributed by atoms with Crippen molar-refractivity contribution in [3.63, 3.8) is 0 Å². The summed E-state index contributed by atoms with van der Waals surface area (Å²) in [5.41, 5.74) is 0.0759. The van der Waals surface area contributed by atoms with Gasteiger partial charge in [-0.1, -0.05) is 0 Å². The second-order valence-electron chi connectivity index (χ2n) is 3.14. The summed E-state index contributed by atoms with van der Waals surface area (Å²) in [4.78, 5) is 9.76. The maximum atomic E-state index is 10.8. The molecule has 0 bridgehead atoms. The van der Waals surface area contributed by atoms with Gasteiger partial charge in [0.1, 0.15) is 5.76 Å². The van der Waals surface area contributed by atoms with Gasteiger partial charge in [0.25, 0.3) is 5.69 Å². The molecular formula is C9H9NO5S. The van der Waals surface area contributed by atoms with E-state index in [4.69, 9.17) is 0 Å². The van der Waals surface area contributed by atoms with E-state index in [2.05, 4.69) is 0 Å². The van der Waals surface area contributed by atoms with Crippen LogP contribution >= 0.6 is 0 Å². The molecule has 0 heterocycles. The smallest absolute Gasteiger partial charge is 0.269 e. The Hall–Kier alpha value is -1.89. The summed E-state index contributed by atoms with van der Waals surface area (Å²) in [6, 6.07) is 4.91. The molecule has 0 saturated heterocycles. The zero-order chi connectivity index (χ0) is 12.3. The topological polar surface area (TPSA) is 97.5 Å². The van der Waals surface area contributed by atoms with Crippen LogP contribution in [0.5, 0.6) is 0 Å². The molecule has 1 aromatic carbocycles. The highest BCUT2D eigenvalue weighted by Crippen LogP contribution is 2.17. The molecule has 7 heteroatoms. The Kier molecular flexibility index (Phi) is 3.28. The molecule has 0 aromatic heterocycles. The van der Waals surface area contributed by atoms with Crippen LogP contribution in [0.4, 0.5) is 5.69 Å².